The number of fused-ring (bicyclic) bond motifs is 2. The normalized spacial score (nSPS) is 24.5. The average Bonchev–Trinajstić information content (AvgIpc) is 3.31. The van der Waals surface area contributed by atoms with Gasteiger partial charge in [0.25, 0.3) is 0 Å². The van der Waals surface area contributed by atoms with Crippen LogP contribution in [0.25, 0.3) is 12.2 Å². The van der Waals surface area contributed by atoms with Crippen LogP contribution in [0.3, 0.4) is 0 Å². The van der Waals surface area contributed by atoms with Gasteiger partial charge in [-0.25, -0.2) is 0 Å². The molecule has 69 heavy (non-hydrogen) atoms. The Balaban J connectivity index is 1.44. The molecule has 4 bridgehead atoms. The number of aliphatic hydroxyl groups excluding tert-OH is 4. The molecule has 4 aromatic carbocycles. The van der Waals surface area contributed by atoms with Gasteiger partial charge in [-0.2, -0.15) is 0 Å². The fraction of sp³-hybridized carbons (Fsp3) is 0.396. The summed E-state index contributed by atoms with van der Waals surface area (Å²) < 4.78 is 17.8. The molecule has 4 aromatic rings. The molecule has 3 aliphatic carbocycles. The van der Waals surface area contributed by atoms with E-state index in [1.165, 1.54) is 19.1 Å². The second kappa shape index (κ2) is 19.7. The minimum atomic E-state index is -3.22. The summed E-state index contributed by atoms with van der Waals surface area (Å²) in [6.45, 7) is 1.59. The molecule has 0 aromatic heterocycles. The highest BCUT2D eigenvalue weighted by Gasteiger charge is 2.55. The SMILES string of the molecule is CC(=O)Oc1cc(CO)c2c3c1/C=C/c1cccc(c1)C[C@@H](O)CC[C@@H](N)C#CCc1c(O[C@H]4O[C@@H](C)[C@@H](O)C(O)(O)[C@H]4O)c(Cc4cccc(C5(O)CCCCC5)c4C=O)c(O)c(c1C3=O)C2=O. The second-order valence-electron chi connectivity index (χ2n) is 18.4. The summed E-state index contributed by atoms with van der Waals surface area (Å²) in [6.07, 6.45) is -2.13. The number of aromatic hydroxyl groups is 1. The topological polar surface area (TPSA) is 284 Å². The summed E-state index contributed by atoms with van der Waals surface area (Å²) in [7, 11) is 0. The van der Waals surface area contributed by atoms with Crippen molar-refractivity contribution in [2.75, 3.05) is 0 Å². The maximum Gasteiger partial charge on any atom is 0.308 e. The number of hydrogen-bond donors (Lipinski definition) is 9. The van der Waals surface area contributed by atoms with E-state index in [0.717, 1.165) is 18.9 Å². The van der Waals surface area contributed by atoms with Crippen molar-refractivity contribution in [2.24, 2.45) is 5.73 Å². The molecule has 362 valence electrons. The van der Waals surface area contributed by atoms with Gasteiger partial charge in [0.15, 0.2) is 24.0 Å². The minimum Gasteiger partial charge on any atom is -0.507 e. The van der Waals surface area contributed by atoms with Crippen molar-refractivity contribution in [3.8, 4) is 29.1 Å². The van der Waals surface area contributed by atoms with Gasteiger partial charge in [0.05, 0.1) is 36.0 Å². The lowest BCUT2D eigenvalue weighted by molar-refractivity contribution is -0.371. The fourth-order valence-electron chi connectivity index (χ4n) is 10.1. The summed E-state index contributed by atoms with van der Waals surface area (Å²) in [4.78, 5) is 56.7. The van der Waals surface area contributed by atoms with E-state index in [9.17, 15) is 50.4 Å². The average molecular weight is 946 g/mol. The van der Waals surface area contributed by atoms with E-state index in [1.807, 2.05) is 12.1 Å². The third-order valence-electron chi connectivity index (χ3n) is 13.6. The van der Waals surface area contributed by atoms with Gasteiger partial charge in [0.2, 0.25) is 12.1 Å². The van der Waals surface area contributed by atoms with Crippen molar-refractivity contribution < 1.29 is 74.2 Å². The molecule has 1 saturated carbocycles. The molecule has 4 aliphatic rings. The Bertz CT molecular complexity index is 2810. The van der Waals surface area contributed by atoms with E-state index >= 15 is 9.59 Å². The lowest BCUT2D eigenvalue weighted by Crippen LogP contribution is -2.67. The van der Waals surface area contributed by atoms with E-state index in [-0.39, 0.29) is 69.5 Å². The molecule has 1 aliphatic heterocycles. The van der Waals surface area contributed by atoms with Gasteiger partial charge in [0.1, 0.15) is 23.4 Å². The first-order valence-electron chi connectivity index (χ1n) is 23.0. The Morgan fingerprint density at radius 1 is 0.913 bits per heavy atom. The molecule has 0 radical (unpaired) electrons. The summed E-state index contributed by atoms with van der Waals surface area (Å²) >= 11 is 0. The Labute approximate surface area is 397 Å². The number of carbonyl (C=O) groups is 4. The molecule has 16 nitrogen and oxygen atoms in total. The van der Waals surface area contributed by atoms with Crippen molar-refractivity contribution >= 4 is 36.0 Å². The van der Waals surface area contributed by atoms with Gasteiger partial charge in [-0.1, -0.05) is 79.6 Å². The Morgan fingerprint density at radius 2 is 1.64 bits per heavy atom. The Morgan fingerprint density at radius 3 is 2.35 bits per heavy atom. The molecule has 1 heterocycles. The number of aliphatic hydroxyl groups is 7. The highest BCUT2D eigenvalue weighted by Crippen LogP contribution is 2.49. The number of hydrogen-bond acceptors (Lipinski definition) is 16. The maximum atomic E-state index is 15.7. The van der Waals surface area contributed by atoms with Gasteiger partial charge in [-0.15, -0.1) is 0 Å². The zero-order chi connectivity index (χ0) is 49.5. The van der Waals surface area contributed by atoms with Crippen LogP contribution in [0.5, 0.6) is 17.2 Å². The number of rotatable bonds is 8. The van der Waals surface area contributed by atoms with Crippen LogP contribution in [0.1, 0.15) is 146 Å². The third kappa shape index (κ3) is 9.38. The summed E-state index contributed by atoms with van der Waals surface area (Å²) in [6, 6.07) is 12.4. The molecule has 8 rings (SSSR count). The number of aldehydes is 1. The first-order chi connectivity index (χ1) is 32.9. The predicted molar refractivity (Wildman–Crippen MR) is 248 cm³/mol. The Hall–Kier alpha value is -6.10. The van der Waals surface area contributed by atoms with E-state index in [2.05, 4.69) is 11.8 Å². The van der Waals surface area contributed by atoms with Crippen LogP contribution < -0.4 is 15.2 Å². The van der Waals surface area contributed by atoms with Gasteiger partial charge in [-0.05, 0) is 79.0 Å². The molecule has 1 saturated heterocycles. The first-order valence-corrected chi connectivity index (χ1v) is 23.0. The van der Waals surface area contributed by atoms with Crippen LogP contribution in [-0.4, -0.2) is 107 Å². The second-order valence-corrected chi connectivity index (χ2v) is 18.4. The zero-order valence-corrected chi connectivity index (χ0v) is 38.1. The fourth-order valence-corrected chi connectivity index (χ4v) is 10.1. The predicted octanol–water partition coefficient (Wildman–Crippen LogP) is 3.41. The molecule has 0 amide bonds. The van der Waals surface area contributed by atoms with Gasteiger partial charge in [0, 0.05) is 58.7 Å². The highest BCUT2D eigenvalue weighted by atomic mass is 16.7. The quantitative estimate of drug-likeness (QED) is 0.0354. The number of benzene rings is 4. The molecule has 6 atom stereocenters. The van der Waals surface area contributed by atoms with Crippen LogP contribution in [-0.2, 0) is 41.0 Å². The van der Waals surface area contributed by atoms with Crippen molar-refractivity contribution in [2.45, 2.75) is 133 Å². The van der Waals surface area contributed by atoms with Crippen LogP contribution >= 0.6 is 0 Å². The minimum absolute atomic E-state index is 0.0506. The first kappa shape index (κ1) is 49.3. The van der Waals surface area contributed by atoms with Gasteiger partial charge in [-0.3, -0.25) is 19.2 Å². The molecule has 0 spiro atoms. The molecule has 10 N–H and O–H groups in total. The van der Waals surface area contributed by atoms with Crippen molar-refractivity contribution in [1.82, 2.24) is 0 Å². The van der Waals surface area contributed by atoms with Gasteiger partial charge < -0.3 is 60.8 Å². The van der Waals surface area contributed by atoms with Crippen molar-refractivity contribution in [3.05, 3.63) is 121 Å². The van der Waals surface area contributed by atoms with Crippen molar-refractivity contribution in [3.63, 3.8) is 0 Å². The molecule has 2 fully saturated rings. The zero-order valence-electron chi connectivity index (χ0n) is 38.1. The van der Waals surface area contributed by atoms with Crippen LogP contribution in [0.2, 0.25) is 0 Å². The number of esters is 1. The maximum absolute atomic E-state index is 15.7. The van der Waals surface area contributed by atoms with E-state index < -0.39 is 108 Å². The summed E-state index contributed by atoms with van der Waals surface area (Å²) in [5.74, 6) is -1.42. The van der Waals surface area contributed by atoms with Crippen LogP contribution in [0.15, 0.2) is 48.5 Å². The summed E-state index contributed by atoms with van der Waals surface area (Å²) in [5.41, 5.74) is 4.89. The van der Waals surface area contributed by atoms with Crippen LogP contribution in [0.4, 0.5) is 0 Å². The summed E-state index contributed by atoms with van der Waals surface area (Å²) in [5, 5.41) is 90.3. The number of ether oxygens (including phenoxy) is 3. The van der Waals surface area contributed by atoms with Crippen LogP contribution in [0, 0.1) is 11.8 Å². The monoisotopic (exact) mass is 945 g/mol. The number of carbonyl (C=O) groups excluding carboxylic acids is 4. The molecular weight excluding hydrogens is 891 g/mol. The molecule has 0 unspecified atom stereocenters. The lowest BCUT2D eigenvalue weighted by Gasteiger charge is -2.44. The Kier molecular flexibility index (Phi) is 14.1. The smallest absolute Gasteiger partial charge is 0.308 e. The molecule has 16 heteroatoms. The number of ketones is 2. The number of nitrogens with two attached hydrogens (primary N) is 1. The van der Waals surface area contributed by atoms with Crippen molar-refractivity contribution in [1.29, 1.82) is 0 Å². The standard InChI is InChI=1S/C53H55NO15/c1-27-49(62)53(65,66)50(63)51(67-27)69-48-36-13-8-12-33(54)16-17-34(58)22-30-10-6-9-29(21-30)15-18-35-40(68-28(2)57)24-32(25-55)41-42(35)47(61)43(36)44(46(41)60)45(59)37(48)23-31-11-7-14-39(38(31)26-56)52(64)19-4-3-5-20-52/h6-7,9-11,14-15,18,21,24,26-27,33-34,49-51,55,58-59,62-66H,3-5,13,16-17,19-20,22-23,25,54H2,1-2H3/b18-15+/t27-,33-,34-,49+,50-,51+/m0/s1. The largest absolute Gasteiger partial charge is 0.507 e. The van der Waals surface area contributed by atoms with E-state index in [1.54, 1.807) is 36.4 Å². The highest BCUT2D eigenvalue weighted by molar-refractivity contribution is 6.32. The third-order valence-corrected chi connectivity index (χ3v) is 13.6. The van der Waals surface area contributed by atoms with E-state index in [0.29, 0.717) is 43.1 Å². The lowest BCUT2D eigenvalue weighted by atomic mass is 9.74. The molecular formula is C53H55NO15. The number of phenols is 1. The number of phenolic OH excluding ortho intramolecular Hbond substituents is 1. The van der Waals surface area contributed by atoms with E-state index in [4.69, 9.17) is 19.9 Å². The van der Waals surface area contributed by atoms with Gasteiger partial charge >= 0.3 is 5.97 Å².